The van der Waals surface area contributed by atoms with Crippen molar-refractivity contribution in [2.24, 2.45) is 5.73 Å². The Kier molecular flexibility index (Phi) is 5.43. The molecule has 1 atom stereocenters. The molecule has 0 heterocycles. The van der Waals surface area contributed by atoms with E-state index in [4.69, 9.17) is 10.5 Å². The van der Waals surface area contributed by atoms with Gasteiger partial charge in [-0.3, -0.25) is 0 Å². The monoisotopic (exact) mass is 347 g/mol. The van der Waals surface area contributed by atoms with E-state index in [9.17, 15) is 0 Å². The van der Waals surface area contributed by atoms with Crippen LogP contribution in [0.4, 0.5) is 0 Å². The van der Waals surface area contributed by atoms with Crippen LogP contribution in [0.2, 0.25) is 0 Å². The first kappa shape index (κ1) is 16.1. The van der Waals surface area contributed by atoms with Gasteiger partial charge in [-0.15, -0.1) is 0 Å². The van der Waals surface area contributed by atoms with Crippen molar-refractivity contribution in [3.63, 3.8) is 0 Å². The van der Waals surface area contributed by atoms with E-state index in [-0.39, 0.29) is 6.04 Å². The average molecular weight is 348 g/mol. The summed E-state index contributed by atoms with van der Waals surface area (Å²) < 4.78 is 7.04. The maximum absolute atomic E-state index is 6.04. The molecule has 0 spiro atoms. The predicted molar refractivity (Wildman–Crippen MR) is 92.1 cm³/mol. The second-order valence-electron chi connectivity index (χ2n) is 5.76. The Bertz CT molecular complexity index is 591. The van der Waals surface area contributed by atoms with Crippen molar-refractivity contribution >= 4 is 15.9 Å². The smallest absolute Gasteiger partial charge is 0.131 e. The number of halogens is 1. The summed E-state index contributed by atoms with van der Waals surface area (Å²) in [6.45, 7) is 6.37. The average Bonchev–Trinajstić information content (AvgIpc) is 2.42. The highest BCUT2D eigenvalue weighted by molar-refractivity contribution is 9.10. The molecule has 0 saturated carbocycles. The summed E-state index contributed by atoms with van der Waals surface area (Å²) >= 11 is 3.50. The lowest BCUT2D eigenvalue weighted by Gasteiger charge is -2.14. The normalized spacial score (nSPS) is 12.5. The van der Waals surface area contributed by atoms with Crippen molar-refractivity contribution < 1.29 is 4.74 Å². The highest BCUT2D eigenvalue weighted by Gasteiger charge is 2.09. The molecular formula is C18H22BrNO. The number of rotatable bonds is 5. The van der Waals surface area contributed by atoms with Crippen LogP contribution in [-0.2, 0) is 6.42 Å². The molecule has 0 amide bonds. The first-order chi connectivity index (χ1) is 9.95. The third kappa shape index (κ3) is 4.58. The van der Waals surface area contributed by atoms with Gasteiger partial charge in [0.2, 0.25) is 0 Å². The Morgan fingerprint density at radius 1 is 1.05 bits per heavy atom. The van der Waals surface area contributed by atoms with Crippen LogP contribution in [0.5, 0.6) is 11.5 Å². The van der Waals surface area contributed by atoms with Gasteiger partial charge in [-0.05, 0) is 54.7 Å². The van der Waals surface area contributed by atoms with Gasteiger partial charge in [0.15, 0.2) is 0 Å². The SMILES string of the molecule is CC(N)Cc1ccc(Br)cc1Oc1ccc(C(C)C)cc1. The quantitative estimate of drug-likeness (QED) is 0.800. The van der Waals surface area contributed by atoms with Gasteiger partial charge >= 0.3 is 0 Å². The van der Waals surface area contributed by atoms with Gasteiger partial charge in [-0.1, -0.05) is 48.0 Å². The van der Waals surface area contributed by atoms with Gasteiger partial charge in [0.1, 0.15) is 11.5 Å². The minimum Gasteiger partial charge on any atom is -0.457 e. The number of nitrogens with two attached hydrogens (primary N) is 1. The van der Waals surface area contributed by atoms with E-state index in [0.29, 0.717) is 5.92 Å². The van der Waals surface area contributed by atoms with E-state index in [1.54, 1.807) is 0 Å². The fourth-order valence-electron chi connectivity index (χ4n) is 2.19. The summed E-state index contributed by atoms with van der Waals surface area (Å²) in [5.74, 6) is 2.24. The number of hydrogen-bond donors (Lipinski definition) is 1. The molecule has 0 fully saturated rings. The highest BCUT2D eigenvalue weighted by atomic mass is 79.9. The number of hydrogen-bond acceptors (Lipinski definition) is 2. The van der Waals surface area contributed by atoms with Gasteiger partial charge in [-0.2, -0.15) is 0 Å². The molecule has 0 radical (unpaired) electrons. The zero-order chi connectivity index (χ0) is 15.4. The van der Waals surface area contributed by atoms with Gasteiger partial charge < -0.3 is 10.5 Å². The molecule has 2 aromatic rings. The summed E-state index contributed by atoms with van der Waals surface area (Å²) in [7, 11) is 0. The van der Waals surface area contributed by atoms with Crippen LogP contribution < -0.4 is 10.5 Å². The third-order valence-electron chi connectivity index (χ3n) is 3.35. The lowest BCUT2D eigenvalue weighted by atomic mass is 10.0. The van der Waals surface area contributed by atoms with Crippen LogP contribution in [0, 0.1) is 0 Å². The van der Waals surface area contributed by atoms with Crippen LogP contribution in [0.15, 0.2) is 46.9 Å². The number of benzene rings is 2. The van der Waals surface area contributed by atoms with Crippen molar-refractivity contribution in [3.05, 3.63) is 58.1 Å². The molecule has 2 nitrogen and oxygen atoms in total. The van der Waals surface area contributed by atoms with Crippen LogP contribution in [0.1, 0.15) is 37.8 Å². The van der Waals surface area contributed by atoms with E-state index in [1.807, 2.05) is 31.2 Å². The Labute approximate surface area is 135 Å². The zero-order valence-corrected chi connectivity index (χ0v) is 14.4. The molecule has 0 aliphatic rings. The Hall–Kier alpha value is -1.32. The molecule has 112 valence electrons. The molecule has 0 aliphatic carbocycles. The second-order valence-corrected chi connectivity index (χ2v) is 6.67. The number of ether oxygens (including phenoxy) is 1. The van der Waals surface area contributed by atoms with E-state index in [1.165, 1.54) is 5.56 Å². The van der Waals surface area contributed by atoms with Gasteiger partial charge in [0.05, 0.1) is 0 Å². The van der Waals surface area contributed by atoms with E-state index in [2.05, 4.69) is 48.0 Å². The molecule has 21 heavy (non-hydrogen) atoms. The molecule has 3 heteroatoms. The highest BCUT2D eigenvalue weighted by Crippen LogP contribution is 2.30. The molecule has 0 aliphatic heterocycles. The van der Waals surface area contributed by atoms with Gasteiger partial charge in [0, 0.05) is 10.5 Å². The van der Waals surface area contributed by atoms with Crippen LogP contribution in [0.3, 0.4) is 0 Å². The molecule has 2 rings (SSSR count). The zero-order valence-electron chi connectivity index (χ0n) is 12.8. The minimum absolute atomic E-state index is 0.108. The summed E-state index contributed by atoms with van der Waals surface area (Å²) in [5, 5.41) is 0. The molecule has 2 aromatic carbocycles. The van der Waals surface area contributed by atoms with Crippen LogP contribution in [0.25, 0.3) is 0 Å². The molecule has 0 bridgehead atoms. The van der Waals surface area contributed by atoms with Gasteiger partial charge in [0.25, 0.3) is 0 Å². The van der Waals surface area contributed by atoms with E-state index >= 15 is 0 Å². The van der Waals surface area contributed by atoms with Crippen molar-refractivity contribution in [2.75, 3.05) is 0 Å². The Morgan fingerprint density at radius 3 is 2.29 bits per heavy atom. The molecule has 2 N–H and O–H groups in total. The lowest BCUT2D eigenvalue weighted by molar-refractivity contribution is 0.473. The minimum atomic E-state index is 0.108. The molecule has 0 saturated heterocycles. The molecule has 1 unspecified atom stereocenters. The third-order valence-corrected chi connectivity index (χ3v) is 3.84. The Morgan fingerprint density at radius 2 is 1.71 bits per heavy atom. The fourth-order valence-corrected chi connectivity index (χ4v) is 2.53. The summed E-state index contributed by atoms with van der Waals surface area (Å²) in [6.07, 6.45) is 0.798. The fraction of sp³-hybridized carbons (Fsp3) is 0.333. The largest absolute Gasteiger partial charge is 0.457 e. The van der Waals surface area contributed by atoms with E-state index in [0.717, 1.165) is 28.0 Å². The first-order valence-electron chi connectivity index (χ1n) is 7.27. The van der Waals surface area contributed by atoms with Crippen molar-refractivity contribution in [1.29, 1.82) is 0 Å². The summed E-state index contributed by atoms with van der Waals surface area (Å²) in [4.78, 5) is 0. The van der Waals surface area contributed by atoms with Crippen molar-refractivity contribution in [2.45, 2.75) is 39.2 Å². The standard InChI is InChI=1S/C18H22BrNO/c1-12(2)14-5-8-17(9-6-14)21-18-11-16(19)7-4-15(18)10-13(3)20/h4-9,11-13H,10,20H2,1-3H3. The second kappa shape index (κ2) is 7.10. The maximum atomic E-state index is 6.04. The molecule has 0 aromatic heterocycles. The predicted octanol–water partition coefficient (Wildman–Crippen LogP) is 5.25. The van der Waals surface area contributed by atoms with Gasteiger partial charge in [-0.25, -0.2) is 0 Å². The van der Waals surface area contributed by atoms with Crippen LogP contribution >= 0.6 is 15.9 Å². The van der Waals surface area contributed by atoms with Crippen molar-refractivity contribution in [3.8, 4) is 11.5 Å². The summed E-state index contributed by atoms with van der Waals surface area (Å²) in [5.41, 5.74) is 8.35. The lowest BCUT2D eigenvalue weighted by Crippen LogP contribution is -2.18. The topological polar surface area (TPSA) is 35.2 Å². The summed E-state index contributed by atoms with van der Waals surface area (Å²) in [6, 6.07) is 14.5. The van der Waals surface area contributed by atoms with Crippen molar-refractivity contribution in [1.82, 2.24) is 0 Å². The Balaban J connectivity index is 2.23. The molecular weight excluding hydrogens is 326 g/mol. The maximum Gasteiger partial charge on any atom is 0.131 e. The van der Waals surface area contributed by atoms with Crippen LogP contribution in [-0.4, -0.2) is 6.04 Å². The van der Waals surface area contributed by atoms with E-state index < -0.39 is 0 Å². The first-order valence-corrected chi connectivity index (χ1v) is 8.07.